The molecular weight excluding hydrogens is 268 g/mol. The van der Waals surface area contributed by atoms with Crippen LogP contribution in [0.3, 0.4) is 0 Å². The van der Waals surface area contributed by atoms with Crippen LogP contribution in [0, 0.1) is 5.41 Å². The van der Waals surface area contributed by atoms with Crippen LogP contribution in [0.1, 0.15) is 57.6 Å². The normalized spacial score (nSPS) is 15.2. The minimum atomic E-state index is -0.814. The maximum atomic E-state index is 9.30. The molecule has 0 spiro atoms. The second-order valence-corrected chi connectivity index (χ2v) is 7.07. The fraction of sp³-hybridized carbons (Fsp3) is 0.429. The topological polar surface area (TPSA) is 20.2 Å². The van der Waals surface area contributed by atoms with Gasteiger partial charge in [-0.1, -0.05) is 75.4 Å². The Labute approximate surface area is 136 Å². The van der Waals surface area contributed by atoms with Gasteiger partial charge >= 0.3 is 0 Å². The summed E-state index contributed by atoms with van der Waals surface area (Å²) in [5.41, 5.74) is 3.46. The summed E-state index contributed by atoms with van der Waals surface area (Å²) in [5, 5.41) is 9.30. The summed E-state index contributed by atoms with van der Waals surface area (Å²) in [6, 6.07) is 18.3. The molecule has 22 heavy (non-hydrogen) atoms. The van der Waals surface area contributed by atoms with Crippen molar-refractivity contribution in [3.8, 4) is 0 Å². The lowest BCUT2D eigenvalue weighted by molar-refractivity contribution is 0.282. The van der Waals surface area contributed by atoms with Gasteiger partial charge in [0, 0.05) is 13.9 Å². The Kier molecular flexibility index (Phi) is 5.29. The lowest BCUT2D eigenvalue weighted by Crippen LogP contribution is -2.13. The van der Waals surface area contributed by atoms with Crippen LogP contribution in [0.15, 0.2) is 54.6 Å². The van der Waals surface area contributed by atoms with E-state index in [2.05, 4.69) is 39.0 Å². The molecule has 2 rings (SSSR count). The molecule has 0 bridgehead atoms. The largest absolute Gasteiger partial charge is 0.396 e. The average molecular weight is 297 g/mol. The first kappa shape index (κ1) is 15.3. The molecule has 0 radical (unpaired) electrons. The molecule has 1 atom stereocenters. The van der Waals surface area contributed by atoms with Gasteiger partial charge < -0.3 is 5.11 Å². The molecule has 1 unspecified atom stereocenters. The molecule has 0 amide bonds. The van der Waals surface area contributed by atoms with Crippen molar-refractivity contribution in [1.82, 2.24) is 0 Å². The maximum absolute atomic E-state index is 9.30. The van der Waals surface area contributed by atoms with E-state index in [-0.39, 0.29) is 12.0 Å². The van der Waals surface area contributed by atoms with Gasteiger partial charge in [0.15, 0.2) is 0 Å². The zero-order valence-electron chi connectivity index (χ0n) is 15.0. The minimum absolute atomic E-state index is 0.120. The molecule has 1 N–H and O–H groups in total. The van der Waals surface area contributed by atoms with Crippen molar-refractivity contribution in [2.75, 3.05) is 6.61 Å². The molecule has 0 aliphatic heterocycles. The predicted molar refractivity (Wildman–Crippen MR) is 94.2 cm³/mol. The van der Waals surface area contributed by atoms with E-state index in [1.165, 1.54) is 5.56 Å². The van der Waals surface area contributed by atoms with Gasteiger partial charge in [-0.05, 0) is 41.4 Å². The molecule has 0 aliphatic rings. The summed E-state index contributed by atoms with van der Waals surface area (Å²) in [6.45, 7) is 6.80. The van der Waals surface area contributed by atoms with Crippen LogP contribution in [0.5, 0.6) is 0 Å². The first-order chi connectivity index (χ1) is 10.9. The van der Waals surface area contributed by atoms with Crippen LogP contribution < -0.4 is 0 Å². The van der Waals surface area contributed by atoms with Gasteiger partial charge in [0.05, 0.1) is 0 Å². The molecular formula is C21H28O. The van der Waals surface area contributed by atoms with Crippen LogP contribution >= 0.6 is 0 Å². The Bertz CT molecular complexity index is 615. The second kappa shape index (κ2) is 7.60. The third-order valence-electron chi connectivity index (χ3n) is 3.77. The molecule has 0 fully saturated rings. The van der Waals surface area contributed by atoms with Gasteiger partial charge in [0.25, 0.3) is 0 Å². The molecule has 2 aromatic carbocycles. The Morgan fingerprint density at radius 3 is 2.27 bits per heavy atom. The van der Waals surface area contributed by atoms with E-state index in [1.54, 1.807) is 0 Å². The number of benzene rings is 2. The maximum Gasteiger partial charge on any atom is 0.0431 e. The highest BCUT2D eigenvalue weighted by molar-refractivity contribution is 5.38. The van der Waals surface area contributed by atoms with E-state index in [1.807, 2.05) is 36.4 Å². The van der Waals surface area contributed by atoms with E-state index in [4.69, 9.17) is 0 Å². The molecule has 2 aromatic rings. The van der Waals surface area contributed by atoms with Crippen molar-refractivity contribution in [3.63, 3.8) is 0 Å². The van der Waals surface area contributed by atoms with E-state index in [0.717, 1.165) is 17.5 Å². The first-order valence-corrected chi connectivity index (χ1v) is 8.11. The quantitative estimate of drug-likeness (QED) is 0.779. The van der Waals surface area contributed by atoms with Crippen molar-refractivity contribution in [2.24, 2.45) is 5.41 Å². The minimum Gasteiger partial charge on any atom is -0.396 e. The predicted octanol–water partition coefficient (Wildman–Crippen LogP) is 5.18. The third kappa shape index (κ3) is 4.71. The zero-order chi connectivity index (χ0) is 16.9. The van der Waals surface area contributed by atoms with Gasteiger partial charge in [-0.3, -0.25) is 0 Å². The van der Waals surface area contributed by atoms with E-state index < -0.39 is 5.89 Å². The smallest absolute Gasteiger partial charge is 0.0431 e. The van der Waals surface area contributed by atoms with Crippen molar-refractivity contribution in [2.45, 2.75) is 45.9 Å². The highest BCUT2D eigenvalue weighted by Gasteiger charge is 2.20. The summed E-state index contributed by atoms with van der Waals surface area (Å²) in [5.74, 6) is -0.814. The van der Waals surface area contributed by atoms with Gasteiger partial charge in [-0.25, -0.2) is 0 Å². The average Bonchev–Trinajstić information content (AvgIpc) is 2.52. The Morgan fingerprint density at radius 1 is 1.00 bits per heavy atom. The Balaban J connectivity index is 2.52. The lowest BCUT2D eigenvalue weighted by atomic mass is 9.80. The Hall–Kier alpha value is -1.60. The molecule has 0 aromatic heterocycles. The Morgan fingerprint density at radius 2 is 1.64 bits per heavy atom. The molecule has 0 saturated heterocycles. The second-order valence-electron chi connectivity index (χ2n) is 7.07. The number of hydrogen-bond donors (Lipinski definition) is 1. The van der Waals surface area contributed by atoms with Crippen LogP contribution in [0.25, 0.3) is 0 Å². The molecule has 1 nitrogen and oxygen atoms in total. The third-order valence-corrected chi connectivity index (χ3v) is 3.77. The number of hydrogen-bond acceptors (Lipinski definition) is 1. The number of aliphatic hydroxyl groups is 1. The van der Waals surface area contributed by atoms with Gasteiger partial charge in [-0.15, -0.1) is 0 Å². The summed E-state index contributed by atoms with van der Waals surface area (Å²) < 4.78 is 9.24. The fourth-order valence-electron chi connectivity index (χ4n) is 2.87. The van der Waals surface area contributed by atoms with Gasteiger partial charge in [-0.2, -0.15) is 0 Å². The molecule has 0 saturated carbocycles. The monoisotopic (exact) mass is 297 g/mol. The molecule has 0 heterocycles. The van der Waals surface area contributed by atoms with Crippen molar-refractivity contribution < 1.29 is 6.48 Å². The van der Waals surface area contributed by atoms with E-state index in [0.29, 0.717) is 12.8 Å². The van der Waals surface area contributed by atoms with Crippen molar-refractivity contribution in [1.29, 1.82) is 0 Å². The standard InChI is InChI=1S/C21H28O/c1-21(2,3)16-18-12-7-8-13-20(18)19(14-9-15-22)17-10-5-4-6-11-17/h4-8,10-13,19,22H,9,14-16H2,1-3H3/i19D. The van der Waals surface area contributed by atoms with Gasteiger partial charge in [0.1, 0.15) is 0 Å². The van der Waals surface area contributed by atoms with Crippen LogP contribution in [-0.4, -0.2) is 11.7 Å². The number of rotatable bonds is 6. The summed E-state index contributed by atoms with van der Waals surface area (Å²) in [4.78, 5) is 0. The molecule has 1 heteroatoms. The summed E-state index contributed by atoms with van der Waals surface area (Å²) in [6.07, 6.45) is 2.19. The SMILES string of the molecule is [2H]C(CCCO)(c1ccccc1)c1ccccc1CC(C)(C)C. The zero-order valence-corrected chi connectivity index (χ0v) is 14.0. The molecule has 118 valence electrons. The van der Waals surface area contributed by atoms with E-state index in [9.17, 15) is 6.48 Å². The van der Waals surface area contributed by atoms with Crippen LogP contribution in [0.2, 0.25) is 0 Å². The number of aliphatic hydroxyl groups excluding tert-OH is 1. The van der Waals surface area contributed by atoms with Gasteiger partial charge in [0.2, 0.25) is 0 Å². The highest BCUT2D eigenvalue weighted by Crippen LogP contribution is 2.34. The molecule has 0 aliphatic carbocycles. The van der Waals surface area contributed by atoms with E-state index >= 15 is 0 Å². The lowest BCUT2D eigenvalue weighted by Gasteiger charge is -2.25. The first-order valence-electron chi connectivity index (χ1n) is 8.61. The highest BCUT2D eigenvalue weighted by atomic mass is 16.2. The summed E-state index contributed by atoms with van der Waals surface area (Å²) >= 11 is 0. The summed E-state index contributed by atoms with van der Waals surface area (Å²) in [7, 11) is 0. The van der Waals surface area contributed by atoms with Crippen molar-refractivity contribution in [3.05, 3.63) is 71.3 Å². The van der Waals surface area contributed by atoms with Crippen LogP contribution in [0.4, 0.5) is 0 Å². The van der Waals surface area contributed by atoms with Crippen LogP contribution in [-0.2, 0) is 6.42 Å². The fourth-order valence-corrected chi connectivity index (χ4v) is 2.87. The van der Waals surface area contributed by atoms with Crippen molar-refractivity contribution >= 4 is 0 Å².